The number of benzene rings is 1. The maximum Gasteiger partial charge on any atom is 0.238 e. The van der Waals surface area contributed by atoms with Crippen LogP contribution in [0.3, 0.4) is 0 Å². The molecule has 1 amide bonds. The molecule has 2 heterocycles. The Hall–Kier alpha value is -2.86. The lowest BCUT2D eigenvalue weighted by Crippen LogP contribution is -2.29. The van der Waals surface area contributed by atoms with E-state index in [1.807, 2.05) is 59.3 Å². The van der Waals surface area contributed by atoms with Crippen LogP contribution >= 0.6 is 0 Å². The van der Waals surface area contributed by atoms with Gasteiger partial charge in [0.1, 0.15) is 18.0 Å². The molecule has 4 rings (SSSR count). The lowest BCUT2D eigenvalue weighted by Gasteiger charge is -2.08. The molecule has 0 atom stereocenters. The predicted octanol–water partition coefficient (Wildman–Crippen LogP) is 2.60. The molecule has 0 radical (unpaired) electrons. The Bertz CT molecular complexity index is 836. The smallest absolute Gasteiger partial charge is 0.238 e. The highest BCUT2D eigenvalue weighted by Crippen LogP contribution is 2.19. The maximum atomic E-state index is 11.8. The number of ether oxygens (including phenoxy) is 1. The van der Waals surface area contributed by atoms with Crippen molar-refractivity contribution in [2.24, 2.45) is 0 Å². The van der Waals surface area contributed by atoms with Gasteiger partial charge in [-0.3, -0.25) is 4.79 Å². The van der Waals surface area contributed by atoms with Crippen molar-refractivity contribution in [2.75, 3.05) is 11.9 Å². The Morgan fingerprint density at radius 2 is 2.04 bits per heavy atom. The zero-order valence-corrected chi connectivity index (χ0v) is 13.8. The van der Waals surface area contributed by atoms with Gasteiger partial charge in [-0.1, -0.05) is 6.07 Å². The number of carbonyl (C=O) groups is 1. The van der Waals surface area contributed by atoms with Crippen molar-refractivity contribution in [1.29, 1.82) is 0 Å². The van der Waals surface area contributed by atoms with Crippen molar-refractivity contribution < 1.29 is 9.53 Å². The van der Waals surface area contributed by atoms with E-state index in [9.17, 15) is 4.79 Å². The average molecular weight is 336 g/mol. The highest BCUT2D eigenvalue weighted by atomic mass is 16.5. The van der Waals surface area contributed by atoms with Gasteiger partial charge in [0.15, 0.2) is 0 Å². The molecule has 0 bridgehead atoms. The highest BCUT2D eigenvalue weighted by molar-refractivity contribution is 5.92. The molecule has 0 saturated heterocycles. The number of anilines is 1. The predicted molar refractivity (Wildman–Crippen MR) is 95.6 cm³/mol. The van der Waals surface area contributed by atoms with Crippen molar-refractivity contribution in [3.63, 3.8) is 0 Å². The molecule has 25 heavy (non-hydrogen) atoms. The monoisotopic (exact) mass is 336 g/mol. The summed E-state index contributed by atoms with van der Waals surface area (Å²) in [5.41, 5.74) is 2.54. The molecule has 0 aliphatic heterocycles. The van der Waals surface area contributed by atoms with Gasteiger partial charge < -0.3 is 19.8 Å². The van der Waals surface area contributed by atoms with Gasteiger partial charge in [-0.15, -0.1) is 0 Å². The number of pyridine rings is 1. The first-order valence-corrected chi connectivity index (χ1v) is 8.45. The average Bonchev–Trinajstić information content (AvgIpc) is 3.37. The van der Waals surface area contributed by atoms with Gasteiger partial charge in [0, 0.05) is 24.1 Å². The van der Waals surface area contributed by atoms with Gasteiger partial charge in [0.25, 0.3) is 0 Å². The van der Waals surface area contributed by atoms with Crippen LogP contribution in [0.1, 0.15) is 18.5 Å². The second-order valence-electron chi connectivity index (χ2n) is 6.21. The van der Waals surface area contributed by atoms with Crippen molar-refractivity contribution in [3.8, 4) is 5.75 Å². The molecule has 2 aromatic heterocycles. The summed E-state index contributed by atoms with van der Waals surface area (Å²) >= 11 is 0. The standard InChI is InChI=1S/C19H20N4O2/c24-19(11-20-14-4-5-14)22-15-6-8-17(9-7-15)25-13-16-12-23-10-2-1-3-18(23)21-16/h1-3,6-10,12,14,20H,4-5,11,13H2,(H,22,24). The first kappa shape index (κ1) is 15.7. The zero-order valence-electron chi connectivity index (χ0n) is 13.8. The quantitative estimate of drug-likeness (QED) is 0.696. The molecule has 0 unspecified atom stereocenters. The number of nitrogens with zero attached hydrogens (tertiary/aromatic N) is 2. The largest absolute Gasteiger partial charge is 0.487 e. The summed E-state index contributed by atoms with van der Waals surface area (Å²) in [4.78, 5) is 16.3. The minimum Gasteiger partial charge on any atom is -0.487 e. The van der Waals surface area contributed by atoms with Gasteiger partial charge in [0.05, 0.1) is 12.2 Å². The third-order valence-electron chi connectivity index (χ3n) is 4.07. The third kappa shape index (κ3) is 4.16. The van der Waals surface area contributed by atoms with E-state index in [2.05, 4.69) is 15.6 Å². The number of imidazole rings is 1. The first-order valence-electron chi connectivity index (χ1n) is 8.45. The number of hydrogen-bond donors (Lipinski definition) is 2. The summed E-state index contributed by atoms with van der Waals surface area (Å²) in [5.74, 6) is 0.719. The van der Waals surface area contributed by atoms with E-state index in [0.29, 0.717) is 19.2 Å². The molecule has 1 fully saturated rings. The zero-order chi connectivity index (χ0) is 17.1. The Labute approximate surface area is 145 Å². The first-order chi connectivity index (χ1) is 12.3. The van der Waals surface area contributed by atoms with Crippen LogP contribution in [0.25, 0.3) is 5.65 Å². The van der Waals surface area contributed by atoms with E-state index in [-0.39, 0.29) is 5.91 Å². The second-order valence-corrected chi connectivity index (χ2v) is 6.21. The van der Waals surface area contributed by atoms with E-state index in [4.69, 9.17) is 4.74 Å². The molecule has 1 saturated carbocycles. The van der Waals surface area contributed by atoms with Crippen LogP contribution in [0.4, 0.5) is 5.69 Å². The van der Waals surface area contributed by atoms with E-state index in [1.54, 1.807) is 0 Å². The van der Waals surface area contributed by atoms with Gasteiger partial charge in [0.2, 0.25) is 5.91 Å². The van der Waals surface area contributed by atoms with Gasteiger partial charge in [-0.05, 0) is 49.2 Å². The molecule has 3 aromatic rings. The fraction of sp³-hybridized carbons (Fsp3) is 0.263. The third-order valence-corrected chi connectivity index (χ3v) is 4.07. The number of carbonyl (C=O) groups excluding carboxylic acids is 1. The second kappa shape index (κ2) is 6.94. The molecule has 6 nitrogen and oxygen atoms in total. The van der Waals surface area contributed by atoms with Crippen LogP contribution in [0, 0.1) is 0 Å². The number of amides is 1. The SMILES string of the molecule is O=C(CNC1CC1)Nc1ccc(OCc2cn3ccccc3n2)cc1. The number of aromatic nitrogens is 2. The fourth-order valence-electron chi connectivity index (χ4n) is 2.58. The van der Waals surface area contributed by atoms with Gasteiger partial charge in [-0.2, -0.15) is 0 Å². The Balaban J connectivity index is 1.29. The summed E-state index contributed by atoms with van der Waals surface area (Å²) in [6, 6.07) is 13.8. The van der Waals surface area contributed by atoms with Gasteiger partial charge >= 0.3 is 0 Å². The molecular formula is C19H20N4O2. The van der Waals surface area contributed by atoms with Crippen molar-refractivity contribution >= 4 is 17.2 Å². The number of hydrogen-bond acceptors (Lipinski definition) is 4. The van der Waals surface area contributed by atoms with E-state index in [0.717, 1.165) is 22.8 Å². The van der Waals surface area contributed by atoms with Crippen LogP contribution < -0.4 is 15.4 Å². The lowest BCUT2D eigenvalue weighted by atomic mass is 10.3. The van der Waals surface area contributed by atoms with Crippen LogP contribution in [0.15, 0.2) is 54.9 Å². The molecule has 6 heteroatoms. The van der Waals surface area contributed by atoms with Crippen molar-refractivity contribution in [1.82, 2.24) is 14.7 Å². The topological polar surface area (TPSA) is 67.7 Å². The van der Waals surface area contributed by atoms with E-state index < -0.39 is 0 Å². The summed E-state index contributed by atoms with van der Waals surface area (Å²) in [7, 11) is 0. The Morgan fingerprint density at radius 1 is 1.20 bits per heavy atom. The maximum absolute atomic E-state index is 11.8. The minimum absolute atomic E-state index is 0.0229. The van der Waals surface area contributed by atoms with Crippen LogP contribution in [0.2, 0.25) is 0 Å². The summed E-state index contributed by atoms with van der Waals surface area (Å²) in [6.07, 6.45) is 6.26. The van der Waals surface area contributed by atoms with Crippen molar-refractivity contribution in [3.05, 3.63) is 60.6 Å². The van der Waals surface area contributed by atoms with E-state index in [1.165, 1.54) is 12.8 Å². The minimum atomic E-state index is -0.0229. The summed E-state index contributed by atoms with van der Waals surface area (Å²) in [5, 5.41) is 6.06. The highest BCUT2D eigenvalue weighted by Gasteiger charge is 2.21. The Kier molecular flexibility index (Phi) is 4.35. The molecule has 1 aromatic carbocycles. The lowest BCUT2D eigenvalue weighted by molar-refractivity contribution is -0.115. The fourth-order valence-corrected chi connectivity index (χ4v) is 2.58. The van der Waals surface area contributed by atoms with Crippen LogP contribution in [0.5, 0.6) is 5.75 Å². The van der Waals surface area contributed by atoms with Crippen molar-refractivity contribution in [2.45, 2.75) is 25.5 Å². The summed E-state index contributed by atoms with van der Waals surface area (Å²) in [6.45, 7) is 0.759. The summed E-state index contributed by atoms with van der Waals surface area (Å²) < 4.78 is 7.73. The normalized spacial score (nSPS) is 13.8. The van der Waals surface area contributed by atoms with Gasteiger partial charge in [-0.25, -0.2) is 4.98 Å². The Morgan fingerprint density at radius 3 is 2.80 bits per heavy atom. The van der Waals surface area contributed by atoms with Crippen LogP contribution in [-0.4, -0.2) is 27.9 Å². The van der Waals surface area contributed by atoms with E-state index >= 15 is 0 Å². The molecule has 2 N–H and O–H groups in total. The molecular weight excluding hydrogens is 316 g/mol. The molecule has 128 valence electrons. The van der Waals surface area contributed by atoms with Crippen LogP contribution in [-0.2, 0) is 11.4 Å². The number of nitrogens with one attached hydrogen (secondary N) is 2. The molecule has 1 aliphatic rings. The molecule has 1 aliphatic carbocycles. The number of fused-ring (bicyclic) bond motifs is 1. The number of rotatable bonds is 7. The molecule has 0 spiro atoms.